The Morgan fingerprint density at radius 1 is 0.600 bits per heavy atom. The van der Waals surface area contributed by atoms with Crippen LogP contribution in [0.5, 0.6) is 11.5 Å². The SMILES string of the molecule is CC(C)(C)OC(=O)N1CCCC(c2cc(-c3ccccc3OCc3ccccc3)nc(N)c2C(=O)O)C1.CNC(=O)c1c(C2CCCN(C(=O)OC(C)(C)C)C2)cc(-c2ccccc2OCc2ccccc2)nc1N. The number of carboxylic acids is 1. The number of ether oxygens (including phenoxy) is 4. The van der Waals surface area contributed by atoms with Crippen LogP contribution in [-0.4, -0.2) is 93.4 Å². The third kappa shape index (κ3) is 14.6. The van der Waals surface area contributed by atoms with Gasteiger partial charge in [0.05, 0.1) is 17.0 Å². The normalized spacial score (nSPS) is 15.7. The standard InChI is InChI=1S/C30H36N4O4.C29H33N3O5/c1-30(2,3)38-29(36)34-16-10-13-21(18-34)23-17-24(33-27(31)26(23)28(35)32-4)22-14-8-9-15-25(22)37-19-20-11-6-5-7-12-20;1-29(2,3)37-28(35)32-15-9-12-20(17-32)22-16-23(31-26(30)25(22)27(33)34)21-13-7-8-14-24(21)36-18-19-10-5-4-6-11-19/h5-9,11-12,14-15,17,21H,10,13,16,18-19H2,1-4H3,(H2,31,33)(H,32,35);4-8,10-11,13-14,16,20H,9,12,15,17-18H2,1-3H3,(H2,30,31)(H,33,34). The predicted octanol–water partition coefficient (Wildman–Crippen LogP) is 11.1. The molecule has 6 aromatic rings. The van der Waals surface area contributed by atoms with Crippen molar-refractivity contribution in [1.82, 2.24) is 25.1 Å². The highest BCUT2D eigenvalue weighted by molar-refractivity contribution is 6.00. The highest BCUT2D eigenvalue weighted by Gasteiger charge is 2.34. The number of likely N-dealkylation sites (tertiary alicyclic amines) is 2. The first-order valence-electron chi connectivity index (χ1n) is 25.3. The van der Waals surface area contributed by atoms with Crippen molar-refractivity contribution in [3.8, 4) is 34.0 Å². The number of amides is 3. The number of benzene rings is 4. The van der Waals surface area contributed by atoms with Crippen LogP contribution in [0.3, 0.4) is 0 Å². The van der Waals surface area contributed by atoms with Crippen molar-refractivity contribution in [2.24, 2.45) is 0 Å². The minimum atomic E-state index is -1.14. The van der Waals surface area contributed by atoms with E-state index in [1.807, 2.05) is 157 Å². The van der Waals surface area contributed by atoms with Gasteiger partial charge < -0.3 is 50.6 Å². The first-order valence-corrected chi connectivity index (χ1v) is 25.3. The van der Waals surface area contributed by atoms with E-state index in [1.54, 1.807) is 22.9 Å². The first-order chi connectivity index (χ1) is 35.8. The number of carbonyl (C=O) groups excluding carboxylic acids is 3. The number of rotatable bonds is 12. The van der Waals surface area contributed by atoms with Gasteiger partial charge in [-0.3, -0.25) is 4.79 Å². The summed E-state index contributed by atoms with van der Waals surface area (Å²) in [5.41, 5.74) is 17.8. The van der Waals surface area contributed by atoms with Crippen LogP contribution in [0.25, 0.3) is 22.5 Å². The van der Waals surface area contributed by atoms with Gasteiger partial charge in [0.25, 0.3) is 5.91 Å². The quantitative estimate of drug-likeness (QED) is 0.0897. The van der Waals surface area contributed by atoms with Gasteiger partial charge in [0.1, 0.15) is 53.1 Å². The Labute approximate surface area is 439 Å². The topological polar surface area (TPSA) is 222 Å². The Morgan fingerprint density at radius 2 is 0.987 bits per heavy atom. The highest BCUT2D eigenvalue weighted by atomic mass is 16.6. The van der Waals surface area contributed by atoms with E-state index in [0.717, 1.165) is 41.5 Å². The van der Waals surface area contributed by atoms with E-state index < -0.39 is 23.3 Å². The second-order valence-corrected chi connectivity index (χ2v) is 20.7. The molecule has 2 aliphatic rings. The van der Waals surface area contributed by atoms with Gasteiger partial charge in [0.2, 0.25) is 0 Å². The summed E-state index contributed by atoms with van der Waals surface area (Å²) >= 11 is 0. The molecule has 16 heteroatoms. The van der Waals surface area contributed by atoms with Gasteiger partial charge in [-0.15, -0.1) is 0 Å². The maximum Gasteiger partial charge on any atom is 0.410 e. The molecular formula is C59H69N7O9. The fraction of sp³-hybridized carbons (Fsp3) is 0.356. The largest absolute Gasteiger partial charge is 0.488 e. The molecule has 394 valence electrons. The third-order valence-electron chi connectivity index (χ3n) is 12.7. The molecule has 0 bridgehead atoms. The van der Waals surface area contributed by atoms with E-state index in [4.69, 9.17) is 30.4 Å². The number of piperidine rings is 2. The third-order valence-corrected chi connectivity index (χ3v) is 12.7. The Kier molecular flexibility index (Phi) is 17.7. The highest BCUT2D eigenvalue weighted by Crippen LogP contribution is 2.39. The molecule has 2 unspecified atom stereocenters. The summed E-state index contributed by atoms with van der Waals surface area (Å²) in [6.45, 7) is 13.7. The minimum absolute atomic E-state index is 0.0255. The van der Waals surface area contributed by atoms with Crippen molar-refractivity contribution in [1.29, 1.82) is 0 Å². The van der Waals surface area contributed by atoms with Crippen LogP contribution in [0, 0.1) is 0 Å². The number of hydrogen-bond acceptors (Lipinski definition) is 12. The number of aromatic nitrogens is 2. The molecule has 4 aromatic carbocycles. The van der Waals surface area contributed by atoms with Gasteiger partial charge in [0, 0.05) is 56.2 Å². The summed E-state index contributed by atoms with van der Waals surface area (Å²) in [4.78, 5) is 63.1. The maximum atomic E-state index is 12.9. The zero-order valence-electron chi connectivity index (χ0n) is 43.9. The molecule has 2 aromatic heterocycles. The second-order valence-electron chi connectivity index (χ2n) is 20.7. The van der Waals surface area contributed by atoms with Gasteiger partial charge in [0.15, 0.2) is 0 Å². The van der Waals surface area contributed by atoms with Crippen molar-refractivity contribution in [3.63, 3.8) is 0 Å². The summed E-state index contributed by atoms with van der Waals surface area (Å²) < 4.78 is 23.4. The molecule has 75 heavy (non-hydrogen) atoms. The van der Waals surface area contributed by atoms with Crippen LogP contribution in [0.15, 0.2) is 121 Å². The average Bonchev–Trinajstić information content (AvgIpc) is 3.39. The van der Waals surface area contributed by atoms with E-state index in [1.165, 1.54) is 0 Å². The van der Waals surface area contributed by atoms with Gasteiger partial charge >= 0.3 is 18.2 Å². The maximum absolute atomic E-state index is 12.9. The minimum Gasteiger partial charge on any atom is -0.488 e. The van der Waals surface area contributed by atoms with Crippen molar-refractivity contribution >= 4 is 35.7 Å². The number of nitrogens with one attached hydrogen (secondary N) is 1. The first kappa shape index (κ1) is 54.6. The van der Waals surface area contributed by atoms with Crippen LogP contribution in [0.4, 0.5) is 21.2 Å². The van der Waals surface area contributed by atoms with Crippen molar-refractivity contribution in [2.75, 3.05) is 44.7 Å². The monoisotopic (exact) mass is 1020 g/mol. The summed E-state index contributed by atoms with van der Waals surface area (Å²) in [6, 6.07) is 38.6. The second kappa shape index (κ2) is 24.3. The lowest BCUT2D eigenvalue weighted by molar-refractivity contribution is 0.0188. The Morgan fingerprint density at radius 3 is 1.39 bits per heavy atom. The van der Waals surface area contributed by atoms with Crippen molar-refractivity contribution in [2.45, 2.75) is 103 Å². The molecule has 8 rings (SSSR count). The van der Waals surface area contributed by atoms with Crippen LogP contribution < -0.4 is 26.3 Å². The zero-order chi connectivity index (χ0) is 53.9. The van der Waals surface area contributed by atoms with Crippen LogP contribution in [0.2, 0.25) is 0 Å². The molecule has 0 radical (unpaired) electrons. The number of carboxylic acid groups (broad SMARTS) is 1. The predicted molar refractivity (Wildman–Crippen MR) is 290 cm³/mol. The van der Waals surface area contributed by atoms with Crippen molar-refractivity contribution in [3.05, 3.63) is 155 Å². The number of carbonyl (C=O) groups is 4. The number of nitrogens with zero attached hydrogens (tertiary/aromatic N) is 4. The number of nitrogens with two attached hydrogens (primary N) is 2. The molecule has 2 atom stereocenters. The number of anilines is 2. The van der Waals surface area contributed by atoms with Crippen molar-refractivity contribution < 1.29 is 43.2 Å². The number of para-hydroxylation sites is 2. The number of aromatic carboxylic acids is 1. The smallest absolute Gasteiger partial charge is 0.410 e. The van der Waals surface area contributed by atoms with E-state index in [0.29, 0.717) is 85.4 Å². The molecule has 2 fully saturated rings. The van der Waals surface area contributed by atoms with E-state index in [-0.39, 0.29) is 41.0 Å². The average molecular weight is 1020 g/mol. The molecule has 2 saturated heterocycles. The molecule has 0 aliphatic carbocycles. The molecule has 16 nitrogen and oxygen atoms in total. The Hall–Kier alpha value is -8.14. The molecule has 4 heterocycles. The van der Waals surface area contributed by atoms with Crippen LogP contribution >= 0.6 is 0 Å². The van der Waals surface area contributed by atoms with Gasteiger partial charge in [-0.05, 0) is 126 Å². The summed E-state index contributed by atoms with van der Waals surface area (Å²) in [5, 5.41) is 12.7. The van der Waals surface area contributed by atoms with E-state index in [2.05, 4.69) is 15.3 Å². The molecule has 3 amide bonds. The summed E-state index contributed by atoms with van der Waals surface area (Å²) in [5.74, 6) is -0.420. The van der Waals surface area contributed by atoms with Crippen LogP contribution in [0.1, 0.15) is 122 Å². The van der Waals surface area contributed by atoms with Gasteiger partial charge in [-0.1, -0.05) is 84.9 Å². The lowest BCUT2D eigenvalue weighted by Crippen LogP contribution is -2.42. The number of hydrogen-bond donors (Lipinski definition) is 4. The molecule has 6 N–H and O–H groups in total. The zero-order valence-corrected chi connectivity index (χ0v) is 43.9. The van der Waals surface area contributed by atoms with E-state index in [9.17, 15) is 24.3 Å². The number of nitrogen functional groups attached to an aromatic ring is 2. The van der Waals surface area contributed by atoms with Gasteiger partial charge in [-0.2, -0.15) is 0 Å². The summed E-state index contributed by atoms with van der Waals surface area (Å²) in [6.07, 6.45) is 2.26. The number of pyridine rings is 2. The molecule has 0 spiro atoms. The Bertz CT molecular complexity index is 2960. The van der Waals surface area contributed by atoms with Crippen LogP contribution in [-0.2, 0) is 22.7 Å². The Balaban J connectivity index is 0.000000219. The molecule has 2 aliphatic heterocycles. The summed E-state index contributed by atoms with van der Waals surface area (Å²) in [7, 11) is 1.57. The molecule has 0 saturated carbocycles. The van der Waals surface area contributed by atoms with E-state index >= 15 is 0 Å². The fourth-order valence-electron chi connectivity index (χ4n) is 9.22. The van der Waals surface area contributed by atoms with Gasteiger partial charge in [-0.25, -0.2) is 24.4 Å². The lowest BCUT2D eigenvalue weighted by Gasteiger charge is -2.35. The lowest BCUT2D eigenvalue weighted by atomic mass is 9.86. The fourth-order valence-corrected chi connectivity index (χ4v) is 9.22. The molecular weight excluding hydrogens is 951 g/mol.